The van der Waals surface area contributed by atoms with Crippen LogP contribution in [0.25, 0.3) is 0 Å². The lowest BCUT2D eigenvalue weighted by atomic mass is 9.89. The molecule has 0 bridgehead atoms. The normalized spacial score (nSPS) is 22.4. The van der Waals surface area contributed by atoms with E-state index in [2.05, 4.69) is 15.2 Å². The van der Waals surface area contributed by atoms with Crippen LogP contribution in [0.2, 0.25) is 0 Å². The summed E-state index contributed by atoms with van der Waals surface area (Å²) in [4.78, 5) is 27.3. The van der Waals surface area contributed by atoms with Crippen LogP contribution in [0.5, 0.6) is 5.88 Å². The molecule has 0 aliphatic carbocycles. The highest BCUT2D eigenvalue weighted by molar-refractivity contribution is 5.93. The molecule has 1 N–H and O–H groups in total. The van der Waals surface area contributed by atoms with Crippen LogP contribution in [0, 0.1) is 5.82 Å². The number of carboxylic acids is 1. The van der Waals surface area contributed by atoms with Crippen LogP contribution in [0.4, 0.5) is 17.6 Å². The number of nitrogens with zero attached hydrogens (tertiary/aromatic N) is 4. The Kier molecular flexibility index (Phi) is 7.41. The van der Waals surface area contributed by atoms with Gasteiger partial charge in [0.2, 0.25) is 0 Å². The lowest BCUT2D eigenvalue weighted by molar-refractivity contribution is -0.192. The molecule has 2 aliphatic rings. The van der Waals surface area contributed by atoms with Crippen molar-refractivity contribution in [2.45, 2.75) is 37.1 Å². The second kappa shape index (κ2) is 10.1. The maximum atomic E-state index is 13.7. The van der Waals surface area contributed by atoms with Crippen molar-refractivity contribution in [3.8, 4) is 5.88 Å². The van der Waals surface area contributed by atoms with E-state index in [1.165, 1.54) is 30.7 Å². The number of aromatic nitrogens is 3. The molecule has 9 nitrogen and oxygen atoms in total. The first kappa shape index (κ1) is 24.3. The number of carbonyl (C=O) groups excluding carboxylic acids is 1. The van der Waals surface area contributed by atoms with Crippen molar-refractivity contribution >= 4 is 11.9 Å². The van der Waals surface area contributed by atoms with Crippen molar-refractivity contribution in [2.24, 2.45) is 0 Å². The van der Waals surface area contributed by atoms with Crippen molar-refractivity contribution in [1.82, 2.24) is 20.1 Å². The number of halogens is 4. The van der Waals surface area contributed by atoms with Gasteiger partial charge < -0.3 is 19.5 Å². The maximum absolute atomic E-state index is 13.7. The molecule has 0 unspecified atom stereocenters. The summed E-state index contributed by atoms with van der Waals surface area (Å²) in [5.74, 6) is -3.33. The van der Waals surface area contributed by atoms with E-state index in [0.29, 0.717) is 31.7 Å². The molecule has 4 heterocycles. The number of carbonyl (C=O) groups is 2. The van der Waals surface area contributed by atoms with Gasteiger partial charge in [0, 0.05) is 19.2 Å². The summed E-state index contributed by atoms with van der Waals surface area (Å²) in [6.07, 6.45) is 1.39. The first-order chi connectivity index (χ1) is 15.6. The topological polar surface area (TPSA) is 115 Å². The van der Waals surface area contributed by atoms with Crippen molar-refractivity contribution in [3.05, 3.63) is 48.2 Å². The predicted octanol–water partition coefficient (Wildman–Crippen LogP) is 2.49. The van der Waals surface area contributed by atoms with Crippen LogP contribution in [-0.2, 0) is 9.53 Å². The van der Waals surface area contributed by atoms with Gasteiger partial charge in [-0.2, -0.15) is 23.4 Å². The second-order valence-corrected chi connectivity index (χ2v) is 7.49. The van der Waals surface area contributed by atoms with E-state index in [1.807, 2.05) is 0 Å². The second-order valence-electron chi connectivity index (χ2n) is 7.49. The molecule has 0 aromatic carbocycles. The van der Waals surface area contributed by atoms with Gasteiger partial charge in [-0.25, -0.2) is 14.2 Å². The molecule has 0 radical (unpaired) electrons. The number of amides is 1. The Morgan fingerprint density at radius 2 is 2.00 bits per heavy atom. The molecule has 4 rings (SSSR count). The SMILES string of the molecule is O=C(O)C(F)(F)F.O=C(c1ccnnc1)N1CCC[C@]2(C[C@H](Oc3ncccc3F)CO2)C1. The quantitative estimate of drug-likeness (QED) is 0.678. The average molecular weight is 472 g/mol. The van der Waals surface area contributed by atoms with Gasteiger partial charge in [0.25, 0.3) is 11.8 Å². The summed E-state index contributed by atoms with van der Waals surface area (Å²) >= 11 is 0. The summed E-state index contributed by atoms with van der Waals surface area (Å²) in [7, 11) is 0. The largest absolute Gasteiger partial charge is 0.490 e. The van der Waals surface area contributed by atoms with E-state index in [0.717, 1.165) is 12.8 Å². The van der Waals surface area contributed by atoms with Crippen LogP contribution in [-0.4, -0.2) is 74.6 Å². The van der Waals surface area contributed by atoms with Crippen LogP contribution < -0.4 is 4.74 Å². The summed E-state index contributed by atoms with van der Waals surface area (Å²) in [6.45, 7) is 1.51. The van der Waals surface area contributed by atoms with Gasteiger partial charge in [0.1, 0.15) is 6.10 Å². The van der Waals surface area contributed by atoms with Gasteiger partial charge in [0.05, 0.1) is 36.7 Å². The number of ether oxygens (including phenoxy) is 2. The molecular formula is C20H20F4N4O5. The molecule has 2 fully saturated rings. The van der Waals surface area contributed by atoms with Crippen molar-refractivity contribution in [2.75, 3.05) is 19.7 Å². The Balaban J connectivity index is 0.000000383. The number of hydrogen-bond donors (Lipinski definition) is 1. The fourth-order valence-electron chi connectivity index (χ4n) is 3.65. The van der Waals surface area contributed by atoms with Crippen LogP contribution >= 0.6 is 0 Å². The minimum absolute atomic E-state index is 0.00949. The summed E-state index contributed by atoms with van der Waals surface area (Å²) in [5.41, 5.74) is 0.0583. The fraction of sp³-hybridized carbons (Fsp3) is 0.450. The van der Waals surface area contributed by atoms with Crippen molar-refractivity contribution in [3.63, 3.8) is 0 Å². The third-order valence-electron chi connectivity index (χ3n) is 5.08. The Morgan fingerprint density at radius 1 is 1.24 bits per heavy atom. The zero-order chi connectivity index (χ0) is 24.1. The average Bonchev–Trinajstić information content (AvgIpc) is 3.16. The maximum Gasteiger partial charge on any atom is 0.490 e. The minimum Gasteiger partial charge on any atom is -0.475 e. The van der Waals surface area contributed by atoms with Gasteiger partial charge >= 0.3 is 12.1 Å². The molecule has 2 aromatic rings. The summed E-state index contributed by atoms with van der Waals surface area (Å²) in [6, 6.07) is 4.49. The van der Waals surface area contributed by atoms with Crippen molar-refractivity contribution in [1.29, 1.82) is 0 Å². The van der Waals surface area contributed by atoms with Crippen LogP contribution in [0.15, 0.2) is 36.8 Å². The number of likely N-dealkylation sites (tertiary alicyclic amines) is 1. The highest BCUT2D eigenvalue weighted by Gasteiger charge is 2.45. The Labute approximate surface area is 185 Å². The number of aliphatic carboxylic acids is 1. The molecule has 1 spiro atoms. The minimum atomic E-state index is -5.08. The summed E-state index contributed by atoms with van der Waals surface area (Å²) < 4.78 is 57.2. The molecule has 0 saturated carbocycles. The van der Waals surface area contributed by atoms with Gasteiger partial charge in [-0.05, 0) is 31.0 Å². The Hall–Kier alpha value is -3.35. The van der Waals surface area contributed by atoms with Gasteiger partial charge in [-0.1, -0.05) is 0 Å². The fourth-order valence-corrected chi connectivity index (χ4v) is 3.65. The molecule has 13 heteroatoms. The van der Waals surface area contributed by atoms with E-state index in [4.69, 9.17) is 19.4 Å². The van der Waals surface area contributed by atoms with E-state index in [9.17, 15) is 22.4 Å². The number of carboxylic acid groups (broad SMARTS) is 1. The van der Waals surface area contributed by atoms with E-state index >= 15 is 0 Å². The molecule has 1 amide bonds. The highest BCUT2D eigenvalue weighted by Crippen LogP contribution is 2.36. The number of piperidine rings is 1. The molecule has 2 atom stereocenters. The van der Waals surface area contributed by atoms with Gasteiger partial charge in [-0.15, -0.1) is 0 Å². The molecular weight excluding hydrogens is 452 g/mol. The summed E-state index contributed by atoms with van der Waals surface area (Å²) in [5, 5.41) is 14.6. The van der Waals surface area contributed by atoms with Crippen LogP contribution in [0.3, 0.4) is 0 Å². The molecule has 2 aliphatic heterocycles. The third-order valence-corrected chi connectivity index (χ3v) is 5.08. The lowest BCUT2D eigenvalue weighted by Gasteiger charge is -2.39. The monoisotopic (exact) mass is 472 g/mol. The zero-order valence-electron chi connectivity index (χ0n) is 17.2. The lowest BCUT2D eigenvalue weighted by Crippen LogP contribution is -2.50. The molecule has 2 aromatic heterocycles. The molecule has 178 valence electrons. The van der Waals surface area contributed by atoms with Crippen LogP contribution in [0.1, 0.15) is 29.6 Å². The smallest absolute Gasteiger partial charge is 0.475 e. The third kappa shape index (κ3) is 6.34. The number of pyridine rings is 1. The highest BCUT2D eigenvalue weighted by atomic mass is 19.4. The van der Waals surface area contributed by atoms with Gasteiger partial charge in [0.15, 0.2) is 5.82 Å². The molecule has 33 heavy (non-hydrogen) atoms. The predicted molar refractivity (Wildman–Crippen MR) is 103 cm³/mol. The van der Waals surface area contributed by atoms with E-state index in [-0.39, 0.29) is 17.9 Å². The number of rotatable bonds is 3. The van der Waals surface area contributed by atoms with E-state index in [1.54, 1.807) is 11.0 Å². The van der Waals surface area contributed by atoms with Crippen molar-refractivity contribution < 1.29 is 41.7 Å². The first-order valence-corrected chi connectivity index (χ1v) is 9.87. The Bertz CT molecular complexity index is 978. The first-order valence-electron chi connectivity index (χ1n) is 9.87. The standard InChI is InChI=1S/C18H19FN4O3.C2HF3O2/c19-15-3-1-6-20-16(15)26-14-9-18(25-11-14)5-2-8-23(12-18)17(24)13-4-7-21-22-10-13;3-2(4,5)1(6)7/h1,3-4,6-7,10,14H,2,5,8-9,11-12H2;(H,6,7)/t14-,18-;/m0./s1. The number of alkyl halides is 3. The van der Waals surface area contributed by atoms with Gasteiger partial charge in [-0.3, -0.25) is 4.79 Å². The number of hydrogen-bond acceptors (Lipinski definition) is 7. The van der Waals surface area contributed by atoms with E-state index < -0.39 is 23.6 Å². The molecule has 2 saturated heterocycles. The Morgan fingerprint density at radius 3 is 2.64 bits per heavy atom. The zero-order valence-corrected chi connectivity index (χ0v) is 17.2.